The van der Waals surface area contributed by atoms with Crippen molar-refractivity contribution in [2.24, 2.45) is 5.92 Å². The van der Waals surface area contributed by atoms with E-state index in [1.54, 1.807) is 0 Å². The summed E-state index contributed by atoms with van der Waals surface area (Å²) in [5, 5.41) is 0. The number of carbonyl (C=O) groups is 2. The summed E-state index contributed by atoms with van der Waals surface area (Å²) in [4.78, 5) is 22.7. The lowest BCUT2D eigenvalue weighted by atomic mass is 9.98. The topological polar surface area (TPSA) is 52.6 Å². The number of rotatable bonds is 5. The van der Waals surface area contributed by atoms with Crippen molar-refractivity contribution >= 4 is 11.9 Å². The van der Waals surface area contributed by atoms with Crippen LogP contribution in [-0.4, -0.2) is 24.6 Å². The van der Waals surface area contributed by atoms with Crippen LogP contribution in [0.4, 0.5) is 0 Å². The molecule has 0 bridgehead atoms. The van der Waals surface area contributed by atoms with Crippen LogP contribution >= 0.6 is 0 Å². The zero-order chi connectivity index (χ0) is 13.4. The molecule has 4 nitrogen and oxygen atoms in total. The first-order valence-corrected chi connectivity index (χ1v) is 6.63. The molecule has 1 rings (SSSR count). The van der Waals surface area contributed by atoms with Gasteiger partial charge in [-0.15, -0.1) is 0 Å². The van der Waals surface area contributed by atoms with Gasteiger partial charge in [-0.05, 0) is 31.6 Å². The summed E-state index contributed by atoms with van der Waals surface area (Å²) in [5.74, 6) is -0.663. The van der Waals surface area contributed by atoms with E-state index in [1.807, 2.05) is 13.8 Å². The molecule has 18 heavy (non-hydrogen) atoms. The molecular weight excluding hydrogens is 232 g/mol. The fourth-order valence-corrected chi connectivity index (χ4v) is 1.82. The van der Waals surface area contributed by atoms with Crippen molar-refractivity contribution in [2.75, 3.05) is 6.61 Å². The first-order valence-electron chi connectivity index (χ1n) is 6.63. The van der Waals surface area contributed by atoms with Gasteiger partial charge >= 0.3 is 11.9 Å². The van der Waals surface area contributed by atoms with Crippen molar-refractivity contribution in [2.45, 2.75) is 52.1 Å². The van der Waals surface area contributed by atoms with E-state index in [9.17, 15) is 9.59 Å². The monoisotopic (exact) mass is 254 g/mol. The van der Waals surface area contributed by atoms with Gasteiger partial charge in [0.15, 0.2) is 0 Å². The van der Waals surface area contributed by atoms with Gasteiger partial charge in [-0.2, -0.15) is 0 Å². The highest BCUT2D eigenvalue weighted by molar-refractivity contribution is 5.91. The SMILES string of the molecule is CC(C)COC(=O)/C=C\C(=O)OC1CCCCC1. The Labute approximate surface area is 108 Å². The summed E-state index contributed by atoms with van der Waals surface area (Å²) in [6, 6.07) is 0. The molecule has 1 fully saturated rings. The van der Waals surface area contributed by atoms with E-state index in [1.165, 1.54) is 6.42 Å². The summed E-state index contributed by atoms with van der Waals surface area (Å²) < 4.78 is 10.1. The highest BCUT2D eigenvalue weighted by atomic mass is 16.5. The minimum Gasteiger partial charge on any atom is -0.462 e. The predicted molar refractivity (Wildman–Crippen MR) is 67.9 cm³/mol. The predicted octanol–water partition coefficient (Wildman–Crippen LogP) is 2.62. The average molecular weight is 254 g/mol. The quantitative estimate of drug-likeness (QED) is 0.559. The van der Waals surface area contributed by atoms with Crippen LogP contribution in [0.15, 0.2) is 12.2 Å². The molecular formula is C14H22O4. The number of hydrogen-bond donors (Lipinski definition) is 0. The van der Waals surface area contributed by atoms with E-state index in [0.717, 1.165) is 37.8 Å². The van der Waals surface area contributed by atoms with Gasteiger partial charge in [0.2, 0.25) is 0 Å². The molecule has 0 aromatic heterocycles. The third kappa shape index (κ3) is 6.42. The van der Waals surface area contributed by atoms with Gasteiger partial charge in [0.1, 0.15) is 6.10 Å². The van der Waals surface area contributed by atoms with Crippen LogP contribution in [0, 0.1) is 5.92 Å². The second kappa shape index (κ2) is 7.90. The fourth-order valence-electron chi connectivity index (χ4n) is 1.82. The third-order valence-electron chi connectivity index (χ3n) is 2.75. The lowest BCUT2D eigenvalue weighted by Crippen LogP contribution is -2.19. The Morgan fingerprint density at radius 3 is 2.33 bits per heavy atom. The van der Waals surface area contributed by atoms with Crippen molar-refractivity contribution in [1.29, 1.82) is 0 Å². The zero-order valence-electron chi connectivity index (χ0n) is 11.2. The first kappa shape index (κ1) is 14.7. The van der Waals surface area contributed by atoms with E-state index in [2.05, 4.69) is 0 Å². The molecule has 0 saturated heterocycles. The molecule has 0 aromatic carbocycles. The molecule has 0 amide bonds. The maximum Gasteiger partial charge on any atom is 0.331 e. The largest absolute Gasteiger partial charge is 0.462 e. The Balaban J connectivity index is 2.23. The molecule has 0 unspecified atom stereocenters. The summed E-state index contributed by atoms with van der Waals surface area (Å²) in [6.45, 7) is 4.27. The molecule has 1 aliphatic carbocycles. The Kier molecular flexibility index (Phi) is 6.47. The molecule has 102 valence electrons. The fraction of sp³-hybridized carbons (Fsp3) is 0.714. The number of ether oxygens (including phenoxy) is 2. The van der Waals surface area contributed by atoms with Crippen LogP contribution in [-0.2, 0) is 19.1 Å². The first-order chi connectivity index (χ1) is 8.58. The maximum absolute atomic E-state index is 11.4. The molecule has 0 atom stereocenters. The standard InChI is InChI=1S/C14H22O4/c1-11(2)10-17-13(15)8-9-14(16)18-12-6-4-3-5-7-12/h8-9,11-12H,3-7,10H2,1-2H3/b9-8-. The Morgan fingerprint density at radius 2 is 1.72 bits per heavy atom. The molecule has 0 aromatic rings. The minimum absolute atomic E-state index is 0.0163. The van der Waals surface area contributed by atoms with Crippen molar-refractivity contribution in [3.63, 3.8) is 0 Å². The third-order valence-corrected chi connectivity index (χ3v) is 2.75. The molecule has 0 N–H and O–H groups in total. The van der Waals surface area contributed by atoms with Crippen LogP contribution in [0.1, 0.15) is 46.0 Å². The van der Waals surface area contributed by atoms with Gasteiger partial charge in [0.05, 0.1) is 6.61 Å². The highest BCUT2D eigenvalue weighted by Crippen LogP contribution is 2.20. The van der Waals surface area contributed by atoms with Crippen LogP contribution in [0.2, 0.25) is 0 Å². The molecule has 0 radical (unpaired) electrons. The van der Waals surface area contributed by atoms with E-state index in [-0.39, 0.29) is 12.0 Å². The lowest BCUT2D eigenvalue weighted by Gasteiger charge is -2.20. The van der Waals surface area contributed by atoms with Gasteiger partial charge in [0, 0.05) is 12.2 Å². The number of carbonyl (C=O) groups excluding carboxylic acids is 2. The second-order valence-corrected chi connectivity index (χ2v) is 5.05. The van der Waals surface area contributed by atoms with Crippen molar-refractivity contribution in [3.05, 3.63) is 12.2 Å². The number of esters is 2. The van der Waals surface area contributed by atoms with Crippen LogP contribution in [0.25, 0.3) is 0 Å². The summed E-state index contributed by atoms with van der Waals surface area (Å²) in [7, 11) is 0. The average Bonchev–Trinajstić information content (AvgIpc) is 2.35. The van der Waals surface area contributed by atoms with Crippen LogP contribution in [0.5, 0.6) is 0 Å². The number of hydrogen-bond acceptors (Lipinski definition) is 4. The summed E-state index contributed by atoms with van der Waals surface area (Å²) >= 11 is 0. The Hall–Kier alpha value is -1.32. The van der Waals surface area contributed by atoms with Crippen molar-refractivity contribution in [1.82, 2.24) is 0 Å². The molecule has 1 saturated carbocycles. The van der Waals surface area contributed by atoms with Crippen molar-refractivity contribution < 1.29 is 19.1 Å². The van der Waals surface area contributed by atoms with E-state index in [0.29, 0.717) is 6.61 Å². The summed E-state index contributed by atoms with van der Waals surface area (Å²) in [6.07, 6.45) is 7.59. The summed E-state index contributed by atoms with van der Waals surface area (Å²) in [5.41, 5.74) is 0. The molecule has 1 aliphatic rings. The second-order valence-electron chi connectivity index (χ2n) is 5.05. The normalized spacial score (nSPS) is 17.1. The molecule has 0 aliphatic heterocycles. The Morgan fingerprint density at radius 1 is 1.11 bits per heavy atom. The zero-order valence-corrected chi connectivity index (χ0v) is 11.2. The van der Waals surface area contributed by atoms with Crippen molar-refractivity contribution in [3.8, 4) is 0 Å². The van der Waals surface area contributed by atoms with Gasteiger partial charge in [-0.25, -0.2) is 9.59 Å². The van der Waals surface area contributed by atoms with Gasteiger partial charge < -0.3 is 9.47 Å². The van der Waals surface area contributed by atoms with Crippen LogP contribution < -0.4 is 0 Å². The minimum atomic E-state index is -0.496. The van der Waals surface area contributed by atoms with E-state index < -0.39 is 11.9 Å². The molecule has 0 spiro atoms. The van der Waals surface area contributed by atoms with Gasteiger partial charge in [0.25, 0.3) is 0 Å². The molecule has 4 heteroatoms. The Bertz CT molecular complexity index is 301. The van der Waals surface area contributed by atoms with E-state index in [4.69, 9.17) is 9.47 Å². The van der Waals surface area contributed by atoms with Gasteiger partial charge in [-0.3, -0.25) is 0 Å². The maximum atomic E-state index is 11.4. The van der Waals surface area contributed by atoms with Crippen LogP contribution in [0.3, 0.4) is 0 Å². The van der Waals surface area contributed by atoms with E-state index >= 15 is 0 Å². The molecule has 0 heterocycles. The highest BCUT2D eigenvalue weighted by Gasteiger charge is 2.16. The van der Waals surface area contributed by atoms with Gasteiger partial charge in [-0.1, -0.05) is 20.3 Å². The smallest absolute Gasteiger partial charge is 0.331 e. The lowest BCUT2D eigenvalue weighted by molar-refractivity contribution is -0.145.